The minimum atomic E-state index is -1.72. The van der Waals surface area contributed by atoms with Crippen LogP contribution in [0.5, 0.6) is 0 Å². The largest absolute Gasteiger partial charge is 0.460 e. The molecule has 3 unspecified atom stereocenters. The molecule has 11 heteroatoms. The van der Waals surface area contributed by atoms with Crippen molar-refractivity contribution in [2.45, 2.75) is 46.3 Å². The van der Waals surface area contributed by atoms with E-state index in [0.29, 0.717) is 0 Å². The number of amides is 2. The Morgan fingerprint density at radius 3 is 2.67 bits per heavy atom. The summed E-state index contributed by atoms with van der Waals surface area (Å²) in [6.45, 7) is 3.28. The number of β-lactam (4-membered cyclic amide) rings is 1. The zero-order valence-corrected chi connectivity index (χ0v) is 18.3. The zero-order chi connectivity index (χ0) is 20.0. The summed E-state index contributed by atoms with van der Waals surface area (Å²) < 4.78 is 2.77. The molecule has 3 atom stereocenters. The number of rotatable bonds is 5. The first-order chi connectivity index (χ1) is 12.5. The summed E-state index contributed by atoms with van der Waals surface area (Å²) in [6, 6.07) is 2.26. The number of esters is 1. The fourth-order valence-corrected chi connectivity index (χ4v) is 5.64. The predicted molar refractivity (Wildman–Crippen MR) is 107 cm³/mol. The van der Waals surface area contributed by atoms with Crippen LogP contribution in [0.2, 0.25) is 0 Å². The van der Waals surface area contributed by atoms with E-state index in [4.69, 9.17) is 39.5 Å². The van der Waals surface area contributed by atoms with Gasteiger partial charge < -0.3 is 15.0 Å². The van der Waals surface area contributed by atoms with Crippen LogP contribution in [0, 0.1) is 0 Å². The summed E-state index contributed by atoms with van der Waals surface area (Å²) in [5, 5.41) is 4.33. The Labute approximate surface area is 179 Å². The Bertz CT molecular complexity index is 751. The van der Waals surface area contributed by atoms with E-state index in [1.165, 1.54) is 28.0 Å². The minimum Gasteiger partial charge on any atom is -0.460 e. The molecule has 1 N–H and O–H groups in total. The van der Waals surface area contributed by atoms with Gasteiger partial charge in [0.25, 0.3) is 0 Å². The van der Waals surface area contributed by atoms with Crippen LogP contribution in [-0.2, 0) is 25.5 Å². The van der Waals surface area contributed by atoms with E-state index in [1.807, 2.05) is 31.4 Å². The van der Waals surface area contributed by atoms with Crippen LogP contribution >= 0.6 is 57.9 Å². The highest BCUT2D eigenvalue weighted by Gasteiger charge is 2.64. The number of hydrogen-bond acceptors (Lipinski definition) is 6. The van der Waals surface area contributed by atoms with Gasteiger partial charge in [-0.2, -0.15) is 0 Å². The average Bonchev–Trinajstić information content (AvgIpc) is 3.13. The molecule has 2 amide bonds. The highest BCUT2D eigenvalue weighted by molar-refractivity contribution is 8.01. The van der Waals surface area contributed by atoms with Crippen molar-refractivity contribution in [2.75, 3.05) is 6.61 Å². The van der Waals surface area contributed by atoms with E-state index < -0.39 is 33.2 Å². The van der Waals surface area contributed by atoms with Gasteiger partial charge in [-0.05, 0) is 25.3 Å². The second kappa shape index (κ2) is 7.63. The van der Waals surface area contributed by atoms with Crippen LogP contribution in [0.4, 0.5) is 0 Å². The van der Waals surface area contributed by atoms with Gasteiger partial charge in [0.2, 0.25) is 15.6 Å². The summed E-state index contributed by atoms with van der Waals surface area (Å²) in [7, 11) is 0. The van der Waals surface area contributed by atoms with E-state index >= 15 is 0 Å². The first-order valence-electron chi connectivity index (χ1n) is 8.05. The van der Waals surface area contributed by atoms with Gasteiger partial charge in [0, 0.05) is 9.62 Å². The second-order valence-electron chi connectivity index (χ2n) is 6.78. The number of ether oxygens (including phenoxy) is 1. The Morgan fingerprint density at radius 1 is 1.37 bits per heavy atom. The Balaban J connectivity index is 1.64. The molecule has 1 aromatic heterocycles. The normalized spacial score (nSPS) is 26.3. The lowest BCUT2D eigenvalue weighted by molar-refractivity contribution is -0.164. The summed E-state index contributed by atoms with van der Waals surface area (Å²) in [5.74, 6) is -1.16. The van der Waals surface area contributed by atoms with Gasteiger partial charge in [0.1, 0.15) is 24.1 Å². The van der Waals surface area contributed by atoms with Gasteiger partial charge in [-0.1, -0.05) is 40.9 Å². The van der Waals surface area contributed by atoms with Crippen molar-refractivity contribution in [2.24, 2.45) is 0 Å². The summed E-state index contributed by atoms with van der Waals surface area (Å²) in [4.78, 5) is 39.7. The highest BCUT2D eigenvalue weighted by atomic mass is 35.6. The molecule has 0 radical (unpaired) electrons. The first kappa shape index (κ1) is 21.0. The number of carbonyl (C=O) groups excluding carboxylic acids is 3. The monoisotopic (exact) mass is 470 g/mol. The van der Waals surface area contributed by atoms with E-state index in [0.717, 1.165) is 4.88 Å². The van der Waals surface area contributed by atoms with Crippen LogP contribution in [0.3, 0.4) is 0 Å². The van der Waals surface area contributed by atoms with E-state index in [2.05, 4.69) is 5.32 Å². The van der Waals surface area contributed by atoms with Crippen molar-refractivity contribution in [1.29, 1.82) is 0 Å². The van der Waals surface area contributed by atoms with Gasteiger partial charge in [-0.25, -0.2) is 4.79 Å². The number of thiophene rings is 1. The molecule has 6 nitrogen and oxygen atoms in total. The number of thioether (sulfide) groups is 1. The fraction of sp³-hybridized carbons (Fsp3) is 0.562. The van der Waals surface area contributed by atoms with Crippen LogP contribution in [-0.4, -0.2) is 55.3 Å². The number of halogens is 3. The van der Waals surface area contributed by atoms with Crippen molar-refractivity contribution in [3.8, 4) is 0 Å². The molecular formula is C16H17Cl3N2O4S2. The van der Waals surface area contributed by atoms with Crippen molar-refractivity contribution in [3.05, 3.63) is 22.4 Å². The van der Waals surface area contributed by atoms with Gasteiger partial charge in [0.15, 0.2) is 0 Å². The van der Waals surface area contributed by atoms with Gasteiger partial charge in [-0.3, -0.25) is 9.59 Å². The highest BCUT2D eigenvalue weighted by Crippen LogP contribution is 2.51. The third kappa shape index (κ3) is 4.50. The molecule has 0 bridgehead atoms. The maximum atomic E-state index is 12.6. The quantitative estimate of drug-likeness (QED) is 0.406. The predicted octanol–water partition coefficient (Wildman–Crippen LogP) is 2.75. The number of fused-ring (bicyclic) bond motifs is 1. The molecule has 2 aliphatic heterocycles. The van der Waals surface area contributed by atoms with Crippen molar-refractivity contribution >= 4 is 75.7 Å². The van der Waals surface area contributed by atoms with Crippen molar-refractivity contribution in [3.63, 3.8) is 0 Å². The van der Waals surface area contributed by atoms with Crippen LogP contribution in [0.25, 0.3) is 0 Å². The molecule has 2 saturated heterocycles. The smallest absolute Gasteiger partial charge is 0.330 e. The average molecular weight is 472 g/mol. The molecular weight excluding hydrogens is 455 g/mol. The van der Waals surface area contributed by atoms with Crippen molar-refractivity contribution < 1.29 is 19.1 Å². The molecule has 2 aliphatic rings. The standard InChI is InChI=1S/C16H17Cl3N2O4S2/c1-15(2)11(14(24)25-7-16(17,18)19)21-12(23)10(13(21)27-15)20-9(22)6-8-4-3-5-26-8/h3-5,10-11,13H,6-7H2,1-2H3,(H,20,22). The lowest BCUT2D eigenvalue weighted by Gasteiger charge is -2.44. The first-order valence-corrected chi connectivity index (χ1v) is 10.9. The third-order valence-corrected chi connectivity index (χ3v) is 7.05. The maximum Gasteiger partial charge on any atom is 0.330 e. The van der Waals surface area contributed by atoms with Crippen molar-refractivity contribution in [1.82, 2.24) is 10.2 Å². The molecule has 2 fully saturated rings. The molecule has 3 heterocycles. The molecule has 0 spiro atoms. The molecule has 0 saturated carbocycles. The van der Waals surface area contributed by atoms with Gasteiger partial charge in [-0.15, -0.1) is 23.1 Å². The van der Waals surface area contributed by atoms with Gasteiger partial charge >= 0.3 is 5.97 Å². The number of nitrogens with zero attached hydrogens (tertiary/aromatic N) is 1. The topological polar surface area (TPSA) is 75.7 Å². The number of hydrogen-bond donors (Lipinski definition) is 1. The minimum absolute atomic E-state index is 0.219. The van der Waals surface area contributed by atoms with Crippen LogP contribution < -0.4 is 5.32 Å². The lowest BCUT2D eigenvalue weighted by Crippen LogP contribution is -2.70. The lowest BCUT2D eigenvalue weighted by atomic mass is 9.96. The number of alkyl halides is 3. The van der Waals surface area contributed by atoms with E-state index in [9.17, 15) is 14.4 Å². The molecule has 27 heavy (non-hydrogen) atoms. The maximum absolute atomic E-state index is 12.6. The summed E-state index contributed by atoms with van der Waals surface area (Å²) in [5.41, 5.74) is 0. The van der Waals surface area contributed by atoms with E-state index in [-0.39, 0.29) is 23.6 Å². The SMILES string of the molecule is CC1(C)SC2C(NC(=O)Cc3cccs3)C(=O)N2C1C(=O)OCC(Cl)(Cl)Cl. The Kier molecular flexibility index (Phi) is 5.95. The number of carbonyl (C=O) groups is 3. The van der Waals surface area contributed by atoms with E-state index in [1.54, 1.807) is 0 Å². The second-order valence-corrected chi connectivity index (χ2v) is 12.1. The fourth-order valence-electron chi connectivity index (χ4n) is 3.15. The molecule has 0 aliphatic carbocycles. The Hall–Kier alpha value is -0.670. The third-order valence-electron chi connectivity index (χ3n) is 4.27. The number of nitrogens with one attached hydrogen (secondary N) is 1. The summed E-state index contributed by atoms with van der Waals surface area (Å²) in [6.07, 6.45) is 0.219. The van der Waals surface area contributed by atoms with Crippen LogP contribution in [0.15, 0.2) is 17.5 Å². The molecule has 148 valence electrons. The summed E-state index contributed by atoms with van der Waals surface area (Å²) >= 11 is 19.8. The molecule has 1 aromatic rings. The zero-order valence-electron chi connectivity index (χ0n) is 14.4. The van der Waals surface area contributed by atoms with Gasteiger partial charge in [0.05, 0.1) is 6.42 Å². The van der Waals surface area contributed by atoms with Crippen LogP contribution in [0.1, 0.15) is 18.7 Å². The Morgan fingerprint density at radius 2 is 2.07 bits per heavy atom. The molecule has 3 rings (SSSR count). The molecule has 0 aromatic carbocycles.